The summed E-state index contributed by atoms with van der Waals surface area (Å²) in [4.78, 5) is 28.6. The molecule has 4 rings (SSSR count). The normalized spacial score (nSPS) is 24.8. The predicted octanol–water partition coefficient (Wildman–Crippen LogP) is 6.64. The number of Topliss-reactive ketones (excluding diaryl/α,β-unsaturated/α-hetero) is 1. The number of ether oxygens (including phenoxy) is 2. The quantitative estimate of drug-likeness (QED) is 0.0904. The predicted molar refractivity (Wildman–Crippen MR) is 167 cm³/mol. The number of hydrogen-bond donors (Lipinski definition) is 3. The van der Waals surface area contributed by atoms with Gasteiger partial charge in [0, 0.05) is 25.4 Å². The third-order valence-electron chi connectivity index (χ3n) is 9.06. The number of allylic oxidation sites excluding steroid dienone is 5. The molecule has 0 saturated carbocycles. The second-order valence-corrected chi connectivity index (χ2v) is 13.1. The molecule has 2 heterocycles. The number of carboxylic acid groups (broad SMARTS) is 1. The van der Waals surface area contributed by atoms with Crippen LogP contribution in [0.1, 0.15) is 96.5 Å². The summed E-state index contributed by atoms with van der Waals surface area (Å²) in [6.45, 7) is 7.91. The first-order valence-electron chi connectivity index (χ1n) is 15.8. The summed E-state index contributed by atoms with van der Waals surface area (Å²) in [5.41, 5.74) is 2.68. The number of aliphatic carboxylic acids is 1. The van der Waals surface area contributed by atoms with Gasteiger partial charge in [0.25, 0.3) is 0 Å². The summed E-state index contributed by atoms with van der Waals surface area (Å²) in [6.07, 6.45) is 12.4. The van der Waals surface area contributed by atoms with Gasteiger partial charge in [-0.15, -0.1) is 0 Å². The Morgan fingerprint density at radius 3 is 2.67 bits per heavy atom. The van der Waals surface area contributed by atoms with Crippen LogP contribution in [-0.2, 0) is 9.59 Å². The summed E-state index contributed by atoms with van der Waals surface area (Å²) in [6, 6.07) is 5.66. The van der Waals surface area contributed by atoms with Gasteiger partial charge in [-0.25, -0.2) is 0 Å². The van der Waals surface area contributed by atoms with Gasteiger partial charge in [0.2, 0.25) is 6.79 Å². The van der Waals surface area contributed by atoms with E-state index in [2.05, 4.69) is 43.7 Å². The van der Waals surface area contributed by atoms with E-state index in [9.17, 15) is 19.8 Å². The fraction of sp³-hybridized carbons (Fsp3) is 0.600. The maximum atomic E-state index is 13.7. The second-order valence-electron chi connectivity index (χ2n) is 13.1. The molecule has 8 nitrogen and oxygen atoms in total. The molecule has 1 unspecified atom stereocenters. The zero-order chi connectivity index (χ0) is 31.0. The van der Waals surface area contributed by atoms with Crippen molar-refractivity contribution in [2.75, 3.05) is 19.9 Å². The van der Waals surface area contributed by atoms with Crippen LogP contribution in [0.3, 0.4) is 0 Å². The molecule has 0 bridgehead atoms. The molecule has 3 aliphatic rings. The highest BCUT2D eigenvalue weighted by Crippen LogP contribution is 2.46. The van der Waals surface area contributed by atoms with Gasteiger partial charge in [-0.2, -0.15) is 0 Å². The van der Waals surface area contributed by atoms with Gasteiger partial charge < -0.3 is 19.7 Å². The maximum Gasteiger partial charge on any atom is 0.307 e. The van der Waals surface area contributed by atoms with Crippen LogP contribution in [0.15, 0.2) is 47.6 Å². The Morgan fingerprint density at radius 2 is 1.98 bits per heavy atom. The number of aliphatic hydroxyl groups excluding tert-OH is 1. The summed E-state index contributed by atoms with van der Waals surface area (Å²) in [7, 11) is 0. The van der Waals surface area contributed by atoms with Crippen molar-refractivity contribution < 1.29 is 29.3 Å². The van der Waals surface area contributed by atoms with E-state index >= 15 is 0 Å². The van der Waals surface area contributed by atoms with Crippen molar-refractivity contribution in [3.8, 4) is 11.5 Å². The van der Waals surface area contributed by atoms with Gasteiger partial charge in [-0.3, -0.25) is 19.9 Å². The number of nitrogens with zero attached hydrogens (tertiary/aromatic N) is 1. The molecule has 0 aromatic heterocycles. The molecule has 1 aromatic rings. The molecule has 8 heteroatoms. The first-order valence-corrected chi connectivity index (χ1v) is 15.8. The Bertz CT molecular complexity index is 1260. The van der Waals surface area contributed by atoms with Gasteiger partial charge in [0.15, 0.2) is 17.3 Å². The van der Waals surface area contributed by atoms with Crippen LogP contribution in [0.5, 0.6) is 11.5 Å². The molecule has 0 spiro atoms. The third-order valence-corrected chi connectivity index (χ3v) is 9.06. The Hall–Kier alpha value is -3.19. The fourth-order valence-corrected chi connectivity index (χ4v) is 6.91. The van der Waals surface area contributed by atoms with Gasteiger partial charge in [0.1, 0.15) is 6.23 Å². The van der Waals surface area contributed by atoms with Crippen LogP contribution < -0.4 is 9.47 Å². The maximum absolute atomic E-state index is 13.7. The van der Waals surface area contributed by atoms with Crippen molar-refractivity contribution in [1.29, 1.82) is 5.41 Å². The molecule has 1 aliphatic carbocycles. The minimum Gasteiger partial charge on any atom is -0.481 e. The SMILES string of the molecule is CCCC/C=C(/CCCC=C=N)C(=O)CC1=C[C@@H](CCN2CC(C)(C)CC2O)[C@H](C(=O)O)[C@@H](c2ccc3c(c2)OCO3)C1. The minimum absolute atomic E-state index is 0.00955. The van der Waals surface area contributed by atoms with Crippen LogP contribution in [0.4, 0.5) is 0 Å². The van der Waals surface area contributed by atoms with Crippen LogP contribution in [0, 0.1) is 22.7 Å². The molecule has 1 fully saturated rings. The second kappa shape index (κ2) is 15.0. The lowest BCUT2D eigenvalue weighted by molar-refractivity contribution is -0.144. The van der Waals surface area contributed by atoms with Crippen molar-refractivity contribution in [1.82, 2.24) is 4.90 Å². The Balaban J connectivity index is 1.60. The highest BCUT2D eigenvalue weighted by atomic mass is 16.7. The molecule has 0 amide bonds. The fourth-order valence-electron chi connectivity index (χ4n) is 6.91. The smallest absolute Gasteiger partial charge is 0.307 e. The summed E-state index contributed by atoms with van der Waals surface area (Å²) in [5.74, 6) is 1.54. The topological polar surface area (TPSA) is 120 Å². The summed E-state index contributed by atoms with van der Waals surface area (Å²) < 4.78 is 11.1. The largest absolute Gasteiger partial charge is 0.481 e. The molecular weight excluding hydrogens is 544 g/mol. The minimum atomic E-state index is -0.851. The van der Waals surface area contributed by atoms with E-state index in [0.29, 0.717) is 50.1 Å². The molecular formula is C35H48N2O6. The first kappa shape index (κ1) is 32.7. The number of aliphatic hydroxyl groups is 1. The lowest BCUT2D eigenvalue weighted by Crippen LogP contribution is -2.37. The number of ketones is 1. The number of carbonyl (C=O) groups is 2. The number of benzene rings is 1. The molecule has 4 atom stereocenters. The highest BCUT2D eigenvalue weighted by molar-refractivity contribution is 5.96. The number of unbranched alkanes of at least 4 members (excludes halogenated alkanes) is 3. The summed E-state index contributed by atoms with van der Waals surface area (Å²) >= 11 is 0. The third kappa shape index (κ3) is 8.69. The Labute approximate surface area is 256 Å². The number of rotatable bonds is 15. The van der Waals surface area contributed by atoms with E-state index in [1.165, 1.54) is 0 Å². The molecule has 1 saturated heterocycles. The molecule has 234 valence electrons. The molecule has 43 heavy (non-hydrogen) atoms. The monoisotopic (exact) mass is 592 g/mol. The number of likely N-dealkylation sites (tertiary alicyclic amines) is 1. The van der Waals surface area contributed by atoms with Crippen LogP contribution in [0.2, 0.25) is 0 Å². The van der Waals surface area contributed by atoms with Gasteiger partial charge in [-0.05, 0) is 91.5 Å². The van der Waals surface area contributed by atoms with Gasteiger partial charge in [-0.1, -0.05) is 57.4 Å². The van der Waals surface area contributed by atoms with E-state index in [1.807, 2.05) is 18.2 Å². The van der Waals surface area contributed by atoms with E-state index in [-0.39, 0.29) is 36.2 Å². The molecule has 1 aromatic carbocycles. The number of hydrogen-bond acceptors (Lipinski definition) is 7. The summed E-state index contributed by atoms with van der Waals surface area (Å²) in [5, 5.41) is 28.3. The lowest BCUT2D eigenvalue weighted by atomic mass is 9.68. The van der Waals surface area contributed by atoms with Crippen molar-refractivity contribution in [3.63, 3.8) is 0 Å². The number of carbonyl (C=O) groups excluding carboxylic acids is 1. The van der Waals surface area contributed by atoms with E-state index in [1.54, 1.807) is 6.08 Å². The Kier molecular flexibility index (Phi) is 11.4. The lowest BCUT2D eigenvalue weighted by Gasteiger charge is -2.36. The average Bonchev–Trinajstić information content (AvgIpc) is 3.54. The number of fused-ring (bicyclic) bond motifs is 1. The zero-order valence-corrected chi connectivity index (χ0v) is 25.9. The average molecular weight is 593 g/mol. The van der Waals surface area contributed by atoms with Crippen molar-refractivity contribution >= 4 is 17.6 Å². The molecule has 0 radical (unpaired) electrons. The molecule has 2 aliphatic heterocycles. The Morgan fingerprint density at radius 1 is 1.19 bits per heavy atom. The van der Waals surface area contributed by atoms with E-state index in [0.717, 1.165) is 48.9 Å². The molecule has 3 N–H and O–H groups in total. The van der Waals surface area contributed by atoms with Crippen LogP contribution >= 0.6 is 0 Å². The van der Waals surface area contributed by atoms with Gasteiger partial charge in [0.05, 0.1) is 5.92 Å². The van der Waals surface area contributed by atoms with Crippen molar-refractivity contribution in [3.05, 3.63) is 53.1 Å². The van der Waals surface area contributed by atoms with Crippen molar-refractivity contribution in [2.24, 2.45) is 17.3 Å². The number of carboxylic acids is 1. The first-order chi connectivity index (χ1) is 20.6. The highest BCUT2D eigenvalue weighted by Gasteiger charge is 2.41. The number of nitrogens with one attached hydrogen (secondary N) is 1. The standard InChI is InChI=1S/C35H48N2O6/c1-4-5-7-10-25(11-8-6-9-15-36)29(38)19-24-17-27(14-16-37-22-35(2,3)21-32(37)39)33(34(40)41)28(18-24)26-12-13-30-31(20-26)43-23-42-30/h9-10,12-13,17,20,27-28,32-33,36,39H,4-8,11,14,16,18-19,21-23H2,1-3H3,(H,40,41)/b25-10-/t27-,28-,32?,33+/m1/s1. The van der Waals surface area contributed by atoms with Crippen molar-refractivity contribution in [2.45, 2.75) is 97.1 Å². The van der Waals surface area contributed by atoms with E-state index in [4.69, 9.17) is 14.9 Å². The van der Waals surface area contributed by atoms with E-state index < -0.39 is 18.1 Å². The van der Waals surface area contributed by atoms with Crippen LogP contribution in [-0.4, -0.2) is 58.8 Å². The van der Waals surface area contributed by atoms with Gasteiger partial charge >= 0.3 is 5.97 Å². The zero-order valence-electron chi connectivity index (χ0n) is 25.9. The van der Waals surface area contributed by atoms with Crippen LogP contribution in [0.25, 0.3) is 0 Å².